The second-order valence-corrected chi connectivity index (χ2v) is 10.4. The second kappa shape index (κ2) is 14.7. The fraction of sp³-hybridized carbons (Fsp3) is 0.333. The molecule has 2 amide bonds. The Kier molecular flexibility index (Phi) is 11.4. The average molecular weight is 539 g/mol. The maximum atomic E-state index is 13.7. The van der Waals surface area contributed by atoms with Crippen molar-refractivity contribution in [1.82, 2.24) is 10.2 Å². The van der Waals surface area contributed by atoms with Crippen LogP contribution in [0.2, 0.25) is 5.02 Å². The van der Waals surface area contributed by atoms with E-state index >= 15 is 0 Å². The van der Waals surface area contributed by atoms with Crippen LogP contribution >= 0.6 is 23.4 Å². The summed E-state index contributed by atoms with van der Waals surface area (Å²) in [6.07, 6.45) is 1.24. The fourth-order valence-electron chi connectivity index (χ4n) is 3.93. The van der Waals surface area contributed by atoms with Crippen LogP contribution in [0.3, 0.4) is 0 Å². The monoisotopic (exact) mass is 538 g/mol. The average Bonchev–Trinajstić information content (AvgIpc) is 2.91. The van der Waals surface area contributed by atoms with Gasteiger partial charge >= 0.3 is 0 Å². The van der Waals surface area contributed by atoms with Gasteiger partial charge in [0, 0.05) is 29.8 Å². The first kappa shape index (κ1) is 28.6. The number of hydrogen-bond acceptors (Lipinski definition) is 4. The summed E-state index contributed by atoms with van der Waals surface area (Å²) in [5, 5.41) is 3.78. The van der Waals surface area contributed by atoms with Gasteiger partial charge in [0.2, 0.25) is 11.8 Å². The molecule has 0 saturated heterocycles. The van der Waals surface area contributed by atoms with E-state index in [-0.39, 0.29) is 23.6 Å². The third-order valence-electron chi connectivity index (χ3n) is 6.14. The summed E-state index contributed by atoms with van der Waals surface area (Å²) < 4.78 is 5.39. The van der Waals surface area contributed by atoms with Crippen molar-refractivity contribution in [3.63, 3.8) is 0 Å². The third-order valence-corrected chi connectivity index (χ3v) is 7.37. The highest BCUT2D eigenvalue weighted by Gasteiger charge is 2.31. The molecule has 0 aliphatic rings. The van der Waals surface area contributed by atoms with Gasteiger partial charge in [0.25, 0.3) is 0 Å². The van der Waals surface area contributed by atoms with Gasteiger partial charge in [-0.05, 0) is 54.3 Å². The minimum atomic E-state index is -0.651. The molecular weight excluding hydrogens is 504 g/mol. The summed E-state index contributed by atoms with van der Waals surface area (Å²) in [6.45, 7) is 4.31. The van der Waals surface area contributed by atoms with E-state index in [1.807, 2.05) is 92.7 Å². The fourth-order valence-corrected chi connectivity index (χ4v) is 5.00. The van der Waals surface area contributed by atoms with Crippen LogP contribution in [0.15, 0.2) is 78.9 Å². The number of nitrogens with one attached hydrogen (secondary N) is 1. The molecule has 3 aromatic rings. The number of carbonyl (C=O) groups is 2. The predicted octanol–water partition coefficient (Wildman–Crippen LogP) is 6.14. The maximum absolute atomic E-state index is 13.7. The molecule has 1 N–H and O–H groups in total. The van der Waals surface area contributed by atoms with E-state index in [0.29, 0.717) is 29.5 Å². The zero-order chi connectivity index (χ0) is 26.6. The molecule has 0 radical (unpaired) electrons. The standard InChI is InChI=1S/C30H35ClN2O3S/c1-4-22(2)32-30(35)28(18-23-10-6-5-7-11-23)33(19-24-12-9-15-27(17-24)36-3)29(34)21-37-20-25-13-8-14-26(31)16-25/h5-17,22,28H,4,18-21H2,1-3H3,(H,32,35)/t22-,28+/m0/s1. The first-order chi connectivity index (χ1) is 17.9. The van der Waals surface area contributed by atoms with Gasteiger partial charge in [0.1, 0.15) is 11.8 Å². The summed E-state index contributed by atoms with van der Waals surface area (Å²) in [4.78, 5) is 29.0. The lowest BCUT2D eigenvalue weighted by Gasteiger charge is -2.32. The zero-order valence-corrected chi connectivity index (χ0v) is 23.2. The Morgan fingerprint density at radius 1 is 0.973 bits per heavy atom. The lowest BCUT2D eigenvalue weighted by molar-refractivity contribution is -0.139. The maximum Gasteiger partial charge on any atom is 0.243 e. The molecule has 0 saturated carbocycles. The van der Waals surface area contributed by atoms with E-state index in [0.717, 1.165) is 23.1 Å². The topological polar surface area (TPSA) is 58.6 Å². The van der Waals surface area contributed by atoms with Crippen LogP contribution in [0.1, 0.15) is 37.0 Å². The molecule has 0 aliphatic heterocycles. The van der Waals surface area contributed by atoms with Crippen molar-refractivity contribution in [2.24, 2.45) is 0 Å². The number of thioether (sulfide) groups is 1. The minimum Gasteiger partial charge on any atom is -0.497 e. The summed E-state index contributed by atoms with van der Waals surface area (Å²) in [5.74, 6) is 1.38. The van der Waals surface area contributed by atoms with Crippen LogP contribution in [-0.2, 0) is 28.3 Å². The molecular formula is C30H35ClN2O3S. The normalized spacial score (nSPS) is 12.4. The van der Waals surface area contributed by atoms with Crippen molar-refractivity contribution in [3.8, 4) is 5.75 Å². The highest BCUT2D eigenvalue weighted by atomic mass is 35.5. The molecule has 2 atom stereocenters. The van der Waals surface area contributed by atoms with E-state index in [2.05, 4.69) is 5.32 Å². The number of methoxy groups -OCH3 is 1. The Labute approximate surface area is 229 Å². The van der Waals surface area contributed by atoms with Gasteiger partial charge in [-0.2, -0.15) is 0 Å². The molecule has 3 rings (SSSR count). The number of nitrogens with zero attached hydrogens (tertiary/aromatic N) is 1. The van der Waals surface area contributed by atoms with Crippen LogP contribution in [0.4, 0.5) is 0 Å². The number of ether oxygens (including phenoxy) is 1. The van der Waals surface area contributed by atoms with Crippen molar-refractivity contribution in [2.75, 3.05) is 12.9 Å². The number of carbonyl (C=O) groups excluding carboxylic acids is 2. The SMILES string of the molecule is CC[C@H](C)NC(=O)[C@@H](Cc1ccccc1)N(Cc1cccc(OC)c1)C(=O)CSCc1cccc(Cl)c1. The van der Waals surface area contributed by atoms with Crippen molar-refractivity contribution >= 4 is 35.2 Å². The zero-order valence-electron chi connectivity index (χ0n) is 21.7. The molecule has 37 heavy (non-hydrogen) atoms. The summed E-state index contributed by atoms with van der Waals surface area (Å²) in [7, 11) is 1.62. The van der Waals surface area contributed by atoms with E-state index in [9.17, 15) is 9.59 Å². The van der Waals surface area contributed by atoms with Crippen LogP contribution in [0.25, 0.3) is 0 Å². The minimum absolute atomic E-state index is 0.0109. The van der Waals surface area contributed by atoms with Gasteiger partial charge in [0.05, 0.1) is 12.9 Å². The number of amides is 2. The first-order valence-electron chi connectivity index (χ1n) is 12.5. The van der Waals surface area contributed by atoms with Gasteiger partial charge in [-0.15, -0.1) is 11.8 Å². The van der Waals surface area contributed by atoms with Crippen molar-refractivity contribution in [3.05, 3.63) is 101 Å². The number of rotatable bonds is 13. The van der Waals surface area contributed by atoms with Gasteiger partial charge < -0.3 is 15.0 Å². The van der Waals surface area contributed by atoms with Gasteiger partial charge in [-0.25, -0.2) is 0 Å². The molecule has 196 valence electrons. The van der Waals surface area contributed by atoms with Crippen molar-refractivity contribution < 1.29 is 14.3 Å². The lowest BCUT2D eigenvalue weighted by atomic mass is 10.0. The molecule has 0 bridgehead atoms. The molecule has 0 aliphatic carbocycles. The molecule has 5 nitrogen and oxygen atoms in total. The Hall–Kier alpha value is -2.96. The molecule has 3 aromatic carbocycles. The smallest absolute Gasteiger partial charge is 0.243 e. The van der Waals surface area contributed by atoms with Crippen molar-refractivity contribution in [2.45, 2.75) is 51.1 Å². The number of halogens is 1. The third kappa shape index (κ3) is 9.13. The van der Waals surface area contributed by atoms with Crippen LogP contribution in [-0.4, -0.2) is 41.7 Å². The Bertz CT molecular complexity index is 1160. The van der Waals surface area contributed by atoms with Crippen LogP contribution in [0.5, 0.6) is 5.75 Å². The largest absolute Gasteiger partial charge is 0.497 e. The number of benzene rings is 3. The van der Waals surface area contributed by atoms with E-state index < -0.39 is 6.04 Å². The van der Waals surface area contributed by atoms with Crippen LogP contribution < -0.4 is 10.1 Å². The Morgan fingerprint density at radius 2 is 1.68 bits per heavy atom. The van der Waals surface area contributed by atoms with Crippen molar-refractivity contribution in [1.29, 1.82) is 0 Å². The van der Waals surface area contributed by atoms with Gasteiger partial charge in [-0.1, -0.05) is 73.1 Å². The molecule has 0 unspecified atom stereocenters. The Balaban J connectivity index is 1.87. The quantitative estimate of drug-likeness (QED) is 0.284. The molecule has 7 heteroatoms. The first-order valence-corrected chi connectivity index (χ1v) is 14.0. The van der Waals surface area contributed by atoms with E-state index in [1.54, 1.807) is 12.0 Å². The molecule has 0 fully saturated rings. The summed E-state index contributed by atoms with van der Waals surface area (Å²) >= 11 is 7.64. The van der Waals surface area contributed by atoms with E-state index in [4.69, 9.17) is 16.3 Å². The van der Waals surface area contributed by atoms with Gasteiger partial charge in [-0.3, -0.25) is 9.59 Å². The van der Waals surface area contributed by atoms with E-state index in [1.165, 1.54) is 11.8 Å². The predicted molar refractivity (Wildman–Crippen MR) is 153 cm³/mol. The van der Waals surface area contributed by atoms with Crippen LogP contribution in [0, 0.1) is 0 Å². The summed E-state index contributed by atoms with van der Waals surface area (Å²) in [6, 6.07) is 24.5. The number of hydrogen-bond donors (Lipinski definition) is 1. The van der Waals surface area contributed by atoms with Gasteiger partial charge in [0.15, 0.2) is 0 Å². The molecule has 0 aromatic heterocycles. The highest BCUT2D eigenvalue weighted by molar-refractivity contribution is 7.99. The Morgan fingerprint density at radius 3 is 2.38 bits per heavy atom. The lowest BCUT2D eigenvalue weighted by Crippen LogP contribution is -2.52. The molecule has 0 spiro atoms. The second-order valence-electron chi connectivity index (χ2n) is 9.02. The highest BCUT2D eigenvalue weighted by Crippen LogP contribution is 2.21. The molecule has 0 heterocycles. The summed E-state index contributed by atoms with van der Waals surface area (Å²) in [5.41, 5.74) is 2.96.